The predicted molar refractivity (Wildman–Crippen MR) is 193 cm³/mol. The van der Waals surface area contributed by atoms with E-state index in [1.54, 1.807) is 34.0 Å². The fourth-order valence-corrected chi connectivity index (χ4v) is 8.24. The van der Waals surface area contributed by atoms with Gasteiger partial charge >= 0.3 is 6.18 Å². The number of fused-ring (bicyclic) bond motifs is 3. The van der Waals surface area contributed by atoms with Crippen LogP contribution in [0.5, 0.6) is 5.75 Å². The molecule has 4 aromatic heterocycles. The quantitative estimate of drug-likeness (QED) is 0.233. The van der Waals surface area contributed by atoms with Gasteiger partial charge in [-0.2, -0.15) is 22.7 Å². The Morgan fingerprint density at radius 2 is 1.89 bits per heavy atom. The van der Waals surface area contributed by atoms with Crippen molar-refractivity contribution in [2.45, 2.75) is 56.7 Å². The molecule has 1 aromatic carbocycles. The lowest BCUT2D eigenvalue weighted by atomic mass is 9.73. The van der Waals surface area contributed by atoms with Crippen LogP contribution < -0.4 is 10.9 Å². The number of hydrogen-bond donors (Lipinski definition) is 2. The summed E-state index contributed by atoms with van der Waals surface area (Å²) >= 11 is 6.16. The number of ether oxygens (including phenoxy) is 1. The van der Waals surface area contributed by atoms with Crippen molar-refractivity contribution in [3.63, 3.8) is 0 Å². The van der Waals surface area contributed by atoms with E-state index in [9.17, 15) is 32.7 Å². The summed E-state index contributed by atoms with van der Waals surface area (Å²) in [4.78, 5) is 60.6. The van der Waals surface area contributed by atoms with Gasteiger partial charge in [0.05, 0.1) is 29.5 Å². The molecule has 2 aliphatic heterocycles. The zero-order valence-corrected chi connectivity index (χ0v) is 30.1. The van der Waals surface area contributed by atoms with Crippen molar-refractivity contribution < 1.29 is 32.6 Å². The number of carbonyl (C=O) groups excluding carboxylic acids is 2. The molecule has 1 aliphatic carbocycles. The molecule has 0 radical (unpaired) electrons. The molecule has 55 heavy (non-hydrogen) atoms. The van der Waals surface area contributed by atoms with Crippen LogP contribution in [0, 0.1) is 0 Å². The fourth-order valence-electron chi connectivity index (χ4n) is 8.01. The molecule has 2 amide bonds. The van der Waals surface area contributed by atoms with Crippen molar-refractivity contribution in [1.82, 2.24) is 39.0 Å². The van der Waals surface area contributed by atoms with Gasteiger partial charge < -0.3 is 24.6 Å². The Morgan fingerprint density at radius 1 is 1.13 bits per heavy atom. The molecule has 1 unspecified atom stereocenters. The molecule has 6 heterocycles. The maximum atomic E-state index is 14.5. The van der Waals surface area contributed by atoms with Gasteiger partial charge in [-0.3, -0.25) is 19.4 Å². The first-order chi connectivity index (χ1) is 26.3. The Balaban J connectivity index is 1.13. The summed E-state index contributed by atoms with van der Waals surface area (Å²) in [6.45, 7) is 2.92. The molecule has 284 valence electrons. The fraction of sp³-hybridized carbons (Fsp3) is 0.351. The third-order valence-electron chi connectivity index (χ3n) is 10.6. The van der Waals surface area contributed by atoms with E-state index in [-0.39, 0.29) is 64.7 Å². The molecule has 1 fully saturated rings. The number of pyridine rings is 1. The molecule has 3 aliphatic rings. The first-order valence-electron chi connectivity index (χ1n) is 17.6. The van der Waals surface area contributed by atoms with Crippen molar-refractivity contribution in [3.05, 3.63) is 98.8 Å². The lowest BCUT2D eigenvalue weighted by Gasteiger charge is -2.39. The molecule has 1 saturated heterocycles. The smallest absolute Gasteiger partial charge is 0.416 e. The molecule has 0 bridgehead atoms. The number of alkyl halides is 3. The van der Waals surface area contributed by atoms with Crippen molar-refractivity contribution in [2.24, 2.45) is 0 Å². The van der Waals surface area contributed by atoms with Crippen molar-refractivity contribution in [2.75, 3.05) is 31.6 Å². The highest BCUT2D eigenvalue weighted by atomic mass is 35.5. The normalized spacial score (nSPS) is 18.0. The lowest BCUT2D eigenvalue weighted by molar-refractivity contribution is -0.137. The van der Waals surface area contributed by atoms with Crippen LogP contribution >= 0.6 is 11.6 Å². The number of nitrogens with one attached hydrogen (secondary N) is 1. The summed E-state index contributed by atoms with van der Waals surface area (Å²) in [5.41, 5.74) is 0.465. The number of aromatic hydroxyl groups is 1. The van der Waals surface area contributed by atoms with Crippen LogP contribution in [0.2, 0.25) is 5.02 Å². The first-order valence-corrected chi connectivity index (χ1v) is 17.9. The minimum atomic E-state index is -4.61. The number of carbonyl (C=O) groups is 2. The maximum Gasteiger partial charge on any atom is 0.416 e. The first kappa shape index (κ1) is 36.3. The highest BCUT2D eigenvalue weighted by Crippen LogP contribution is 2.50. The summed E-state index contributed by atoms with van der Waals surface area (Å²) in [6, 6.07) is 5.99. The summed E-state index contributed by atoms with van der Waals surface area (Å²) < 4.78 is 48.1. The van der Waals surface area contributed by atoms with Gasteiger partial charge in [0.1, 0.15) is 18.6 Å². The second-order valence-corrected chi connectivity index (χ2v) is 14.3. The second-order valence-electron chi connectivity index (χ2n) is 13.9. The van der Waals surface area contributed by atoms with Gasteiger partial charge in [-0.25, -0.2) is 9.97 Å². The average molecular weight is 776 g/mol. The molecule has 2 N–H and O–H groups in total. The van der Waals surface area contributed by atoms with Crippen LogP contribution in [0.1, 0.15) is 71.7 Å². The zero-order valence-electron chi connectivity index (χ0n) is 29.3. The lowest BCUT2D eigenvalue weighted by Crippen LogP contribution is -2.46. The van der Waals surface area contributed by atoms with E-state index < -0.39 is 29.0 Å². The van der Waals surface area contributed by atoms with Crippen LogP contribution in [-0.2, 0) is 27.7 Å². The Bertz CT molecular complexity index is 2440. The number of aromatic nitrogens is 7. The number of anilines is 1. The van der Waals surface area contributed by atoms with E-state index in [0.29, 0.717) is 61.5 Å². The summed E-state index contributed by atoms with van der Waals surface area (Å²) in [5, 5.41) is 18.0. The minimum Gasteiger partial charge on any atom is -0.504 e. The summed E-state index contributed by atoms with van der Waals surface area (Å²) in [7, 11) is 0. The molecular weight excluding hydrogens is 743 g/mol. The Kier molecular flexibility index (Phi) is 9.16. The van der Waals surface area contributed by atoms with Gasteiger partial charge in [-0.15, -0.1) is 5.10 Å². The highest BCUT2D eigenvalue weighted by molar-refractivity contribution is 6.33. The molecule has 14 nitrogen and oxygen atoms in total. The van der Waals surface area contributed by atoms with Crippen molar-refractivity contribution >= 4 is 40.5 Å². The van der Waals surface area contributed by atoms with Crippen molar-refractivity contribution in [3.8, 4) is 17.0 Å². The Labute approximate surface area is 315 Å². The molecular formula is C37H33ClF3N9O5. The minimum absolute atomic E-state index is 0.00734. The molecule has 1 atom stereocenters. The number of halogens is 4. The van der Waals surface area contributed by atoms with Crippen LogP contribution in [0.3, 0.4) is 0 Å². The van der Waals surface area contributed by atoms with Crippen LogP contribution in [0.15, 0.2) is 59.9 Å². The van der Waals surface area contributed by atoms with E-state index >= 15 is 0 Å². The summed E-state index contributed by atoms with van der Waals surface area (Å²) in [5.74, 6) is -1.19. The van der Waals surface area contributed by atoms with E-state index in [0.717, 1.165) is 23.8 Å². The van der Waals surface area contributed by atoms with E-state index in [1.165, 1.54) is 10.8 Å². The van der Waals surface area contributed by atoms with Gasteiger partial charge in [-0.05, 0) is 67.5 Å². The number of likely N-dealkylation sites (tertiary alicyclic amines) is 1. The van der Waals surface area contributed by atoms with Gasteiger partial charge in [-0.1, -0.05) is 24.6 Å². The largest absolute Gasteiger partial charge is 0.504 e. The van der Waals surface area contributed by atoms with Gasteiger partial charge in [0.15, 0.2) is 17.3 Å². The van der Waals surface area contributed by atoms with Gasteiger partial charge in [0, 0.05) is 47.7 Å². The molecule has 0 saturated carbocycles. The topological polar surface area (TPSA) is 170 Å². The summed E-state index contributed by atoms with van der Waals surface area (Å²) in [6.07, 6.45) is 3.41. The maximum absolute atomic E-state index is 14.5. The number of hydrogen-bond acceptors (Lipinski definition) is 10. The monoisotopic (exact) mass is 775 g/mol. The highest BCUT2D eigenvalue weighted by Gasteiger charge is 2.49. The molecule has 8 rings (SSSR count). The Morgan fingerprint density at radius 3 is 2.58 bits per heavy atom. The second kappa shape index (κ2) is 13.9. The van der Waals surface area contributed by atoms with Crippen LogP contribution in [0.25, 0.3) is 22.6 Å². The third kappa shape index (κ3) is 6.50. The SMILES string of the molecule is CC1CC2(CCN(C(=O)c3ncnc(-c4ccncc4)c3O)CC2)c2c1n(CC(=O)Nc1ccc(C(F)(F)F)cc1Cl)c1nc(C3=CCOCC3)nn1c2=O. The van der Waals surface area contributed by atoms with E-state index in [1.807, 2.05) is 13.0 Å². The molecule has 5 aromatic rings. The van der Waals surface area contributed by atoms with E-state index in [4.69, 9.17) is 21.3 Å². The number of rotatable bonds is 6. The average Bonchev–Trinajstić information content (AvgIpc) is 3.75. The molecule has 1 spiro atoms. The number of nitrogens with zero attached hydrogens (tertiary/aromatic N) is 8. The van der Waals surface area contributed by atoms with Crippen LogP contribution in [-0.4, -0.2) is 82.2 Å². The van der Waals surface area contributed by atoms with Crippen LogP contribution in [0.4, 0.5) is 18.9 Å². The number of amides is 2. The standard InChI is InChI=1S/C37H33ClF3N9O5/c1-20-17-36(8-12-48(13-9-36)34(54)29-31(52)28(43-19-44-29)21-4-10-42-11-5-21)27-30(20)49(18-26(51)45-25-3-2-23(16-24(25)38)37(39,40)41)35-46-32(47-50(35)33(27)53)22-6-14-55-15-7-22/h2-6,10-11,16,19-20,52H,7-9,12-15,17-18H2,1H3,(H,45,51). The van der Waals surface area contributed by atoms with Gasteiger partial charge in [0.25, 0.3) is 11.5 Å². The number of piperidine rings is 1. The third-order valence-corrected chi connectivity index (χ3v) is 10.9. The predicted octanol–water partition coefficient (Wildman–Crippen LogP) is 5.24. The zero-order chi connectivity index (χ0) is 38.6. The molecule has 18 heteroatoms. The van der Waals surface area contributed by atoms with E-state index in [2.05, 4.69) is 25.4 Å². The number of benzene rings is 1. The Hall–Kier alpha value is -5.68. The van der Waals surface area contributed by atoms with Gasteiger partial charge in [0.2, 0.25) is 11.7 Å². The van der Waals surface area contributed by atoms with Crippen molar-refractivity contribution in [1.29, 1.82) is 0 Å².